The summed E-state index contributed by atoms with van der Waals surface area (Å²) in [6, 6.07) is 9.20. The highest BCUT2D eigenvalue weighted by molar-refractivity contribution is 5.82. The van der Waals surface area contributed by atoms with Gasteiger partial charge in [-0.15, -0.1) is 0 Å². The molecule has 0 aliphatic carbocycles. The van der Waals surface area contributed by atoms with E-state index in [4.69, 9.17) is 5.26 Å². The van der Waals surface area contributed by atoms with E-state index in [1.54, 1.807) is 24.3 Å². The Morgan fingerprint density at radius 2 is 2.04 bits per heavy atom. The highest BCUT2D eigenvalue weighted by Gasteiger charge is 2.33. The van der Waals surface area contributed by atoms with Crippen molar-refractivity contribution in [3.05, 3.63) is 53.3 Å². The monoisotopic (exact) mass is 321 g/mol. The minimum Gasteiger partial charge on any atom is -0.271 e. The van der Waals surface area contributed by atoms with Crippen LogP contribution in [-0.4, -0.2) is 21.9 Å². The van der Waals surface area contributed by atoms with Gasteiger partial charge in [-0.2, -0.15) is 28.6 Å². The van der Waals surface area contributed by atoms with Gasteiger partial charge in [0, 0.05) is 6.20 Å². The third-order valence-corrected chi connectivity index (χ3v) is 2.68. The van der Waals surface area contributed by atoms with Gasteiger partial charge in [0.25, 0.3) is 5.91 Å². The number of nitriles is 1. The number of carbonyl (C=O) groups excluding carboxylic acids is 1. The molecule has 0 fully saturated rings. The number of amides is 1. The number of carbonyl (C=O) groups is 1. The number of nitrogens with zero attached hydrogens (tertiary/aromatic N) is 4. The number of hydrazone groups is 1. The minimum atomic E-state index is -4.55. The van der Waals surface area contributed by atoms with Crippen LogP contribution in [0.3, 0.4) is 0 Å². The van der Waals surface area contributed by atoms with Gasteiger partial charge in [0.1, 0.15) is 6.54 Å². The van der Waals surface area contributed by atoms with Crippen LogP contribution in [0.25, 0.3) is 0 Å². The fourth-order valence-corrected chi connectivity index (χ4v) is 1.61. The van der Waals surface area contributed by atoms with Crippen molar-refractivity contribution in [2.45, 2.75) is 12.7 Å². The molecule has 1 aromatic heterocycles. The third kappa shape index (κ3) is 4.67. The lowest BCUT2D eigenvalue weighted by Gasteiger charge is -2.02. The highest BCUT2D eigenvalue weighted by atomic mass is 19.4. The third-order valence-electron chi connectivity index (χ3n) is 2.68. The molecule has 0 aliphatic rings. The molecule has 118 valence electrons. The lowest BCUT2D eigenvalue weighted by Crippen LogP contribution is -2.23. The van der Waals surface area contributed by atoms with Gasteiger partial charge in [-0.25, -0.2) is 5.43 Å². The van der Waals surface area contributed by atoms with E-state index in [0.29, 0.717) is 11.1 Å². The minimum absolute atomic E-state index is 0.388. The van der Waals surface area contributed by atoms with E-state index in [9.17, 15) is 18.0 Å². The number of aromatic nitrogens is 2. The van der Waals surface area contributed by atoms with E-state index < -0.39 is 17.8 Å². The molecular formula is C14H10F3N5O. The first-order chi connectivity index (χ1) is 10.9. The summed E-state index contributed by atoms with van der Waals surface area (Å²) in [6.07, 6.45) is -2.13. The van der Waals surface area contributed by atoms with Crippen molar-refractivity contribution < 1.29 is 18.0 Å². The Hall–Kier alpha value is -3.15. The predicted octanol–water partition coefficient (Wildman–Crippen LogP) is 1.92. The second-order valence-electron chi connectivity index (χ2n) is 4.42. The van der Waals surface area contributed by atoms with Gasteiger partial charge in [-0.05, 0) is 23.8 Å². The Morgan fingerprint density at radius 3 is 2.61 bits per heavy atom. The number of benzene rings is 1. The van der Waals surface area contributed by atoms with Crippen molar-refractivity contribution in [1.82, 2.24) is 15.2 Å². The molecule has 0 saturated carbocycles. The molecule has 0 atom stereocenters. The highest BCUT2D eigenvalue weighted by Crippen LogP contribution is 2.27. The van der Waals surface area contributed by atoms with Crippen LogP contribution in [0.4, 0.5) is 13.2 Å². The second-order valence-corrected chi connectivity index (χ2v) is 4.42. The Morgan fingerprint density at radius 1 is 1.35 bits per heavy atom. The fourth-order valence-electron chi connectivity index (χ4n) is 1.61. The van der Waals surface area contributed by atoms with E-state index in [0.717, 1.165) is 16.9 Å². The molecule has 0 aliphatic heterocycles. The van der Waals surface area contributed by atoms with Crippen LogP contribution in [0, 0.1) is 11.3 Å². The first-order valence-corrected chi connectivity index (χ1v) is 6.31. The van der Waals surface area contributed by atoms with Crippen molar-refractivity contribution in [1.29, 1.82) is 5.26 Å². The number of nitrogens with one attached hydrogen (secondary N) is 1. The van der Waals surface area contributed by atoms with E-state index in [-0.39, 0.29) is 6.54 Å². The lowest BCUT2D eigenvalue weighted by molar-refractivity contribution is -0.141. The van der Waals surface area contributed by atoms with Gasteiger partial charge in [0.2, 0.25) is 0 Å². The normalized spacial score (nSPS) is 11.4. The molecule has 1 aromatic carbocycles. The summed E-state index contributed by atoms with van der Waals surface area (Å²) in [4.78, 5) is 11.6. The molecule has 1 N–H and O–H groups in total. The fraction of sp³-hybridized carbons (Fsp3) is 0.143. The van der Waals surface area contributed by atoms with Gasteiger partial charge >= 0.3 is 6.18 Å². The number of halogens is 3. The Bertz CT molecular complexity index is 756. The van der Waals surface area contributed by atoms with Crippen LogP contribution in [0.1, 0.15) is 16.8 Å². The first-order valence-electron chi connectivity index (χ1n) is 6.31. The van der Waals surface area contributed by atoms with Crippen LogP contribution in [0.15, 0.2) is 41.6 Å². The molecule has 0 saturated heterocycles. The second kappa shape index (κ2) is 6.74. The molecule has 6 nitrogen and oxygen atoms in total. The van der Waals surface area contributed by atoms with Crippen molar-refractivity contribution in [3.8, 4) is 6.07 Å². The summed E-state index contributed by atoms with van der Waals surface area (Å²) in [7, 11) is 0. The largest absolute Gasteiger partial charge is 0.435 e. The molecule has 23 heavy (non-hydrogen) atoms. The van der Waals surface area contributed by atoms with Crippen molar-refractivity contribution in [3.63, 3.8) is 0 Å². The maximum absolute atomic E-state index is 12.4. The maximum Gasteiger partial charge on any atom is 0.435 e. The zero-order valence-corrected chi connectivity index (χ0v) is 11.6. The molecule has 2 rings (SSSR count). The molecule has 9 heteroatoms. The van der Waals surface area contributed by atoms with Crippen LogP contribution in [-0.2, 0) is 17.5 Å². The molecule has 0 unspecified atom stereocenters. The molecule has 0 bridgehead atoms. The molecule has 1 amide bonds. The first kappa shape index (κ1) is 16.2. The summed E-state index contributed by atoms with van der Waals surface area (Å²) < 4.78 is 38.0. The van der Waals surface area contributed by atoms with Crippen LogP contribution >= 0.6 is 0 Å². The maximum atomic E-state index is 12.4. The van der Waals surface area contributed by atoms with Gasteiger partial charge in [-0.1, -0.05) is 12.1 Å². The summed E-state index contributed by atoms with van der Waals surface area (Å²) in [5.74, 6) is -0.619. The number of alkyl halides is 3. The summed E-state index contributed by atoms with van der Waals surface area (Å²) in [5.41, 5.74) is 2.26. The Kier molecular flexibility index (Phi) is 4.75. The smallest absolute Gasteiger partial charge is 0.271 e. The topological polar surface area (TPSA) is 83.1 Å². The van der Waals surface area contributed by atoms with E-state index in [1.807, 2.05) is 6.07 Å². The van der Waals surface area contributed by atoms with Crippen molar-refractivity contribution >= 4 is 12.1 Å². The Labute approximate surface area is 128 Å². The van der Waals surface area contributed by atoms with Crippen molar-refractivity contribution in [2.24, 2.45) is 5.10 Å². The zero-order chi connectivity index (χ0) is 16.9. The van der Waals surface area contributed by atoms with Crippen LogP contribution < -0.4 is 5.43 Å². The van der Waals surface area contributed by atoms with Crippen molar-refractivity contribution in [2.75, 3.05) is 0 Å². The average Bonchev–Trinajstić information content (AvgIpc) is 2.96. The van der Waals surface area contributed by atoms with Gasteiger partial charge in [0.05, 0.1) is 17.8 Å². The molecule has 0 radical (unpaired) electrons. The molecule has 1 heterocycles. The van der Waals surface area contributed by atoms with Crippen LogP contribution in [0.2, 0.25) is 0 Å². The molecule has 0 spiro atoms. The SMILES string of the molecule is N#Cc1ccc(/C=N/NC(=O)Cn2ccc(C(F)(F)F)n2)cc1. The zero-order valence-electron chi connectivity index (χ0n) is 11.6. The lowest BCUT2D eigenvalue weighted by atomic mass is 10.2. The summed E-state index contributed by atoms with van der Waals surface area (Å²) >= 11 is 0. The standard InChI is InChI=1S/C14H10F3N5O/c15-14(16,17)12-5-6-22(21-12)9-13(23)20-19-8-11-3-1-10(7-18)2-4-11/h1-6,8H,9H2,(H,20,23)/b19-8+. The van der Waals surface area contributed by atoms with Crippen LogP contribution in [0.5, 0.6) is 0 Å². The Balaban J connectivity index is 1.88. The van der Waals surface area contributed by atoms with E-state index in [2.05, 4.69) is 15.6 Å². The number of hydrogen-bond donors (Lipinski definition) is 1. The summed E-state index contributed by atoms with van der Waals surface area (Å²) in [5, 5.41) is 15.6. The van der Waals surface area contributed by atoms with Gasteiger partial charge < -0.3 is 0 Å². The predicted molar refractivity (Wildman–Crippen MR) is 74.1 cm³/mol. The van der Waals surface area contributed by atoms with E-state index in [1.165, 1.54) is 6.21 Å². The molecular weight excluding hydrogens is 311 g/mol. The number of hydrogen-bond acceptors (Lipinski definition) is 4. The average molecular weight is 321 g/mol. The van der Waals surface area contributed by atoms with Gasteiger partial charge in [0.15, 0.2) is 5.69 Å². The summed E-state index contributed by atoms with van der Waals surface area (Å²) in [6.45, 7) is -0.388. The quantitative estimate of drug-likeness (QED) is 0.690. The van der Waals surface area contributed by atoms with Gasteiger partial charge in [-0.3, -0.25) is 9.48 Å². The molecule has 2 aromatic rings. The van der Waals surface area contributed by atoms with E-state index >= 15 is 0 Å². The number of rotatable bonds is 4.